The van der Waals surface area contributed by atoms with Crippen molar-refractivity contribution in [2.75, 3.05) is 0 Å². The molecule has 12 aromatic heterocycles. The van der Waals surface area contributed by atoms with Gasteiger partial charge in [-0.15, -0.1) is 68.0 Å². The summed E-state index contributed by atoms with van der Waals surface area (Å²) in [7, 11) is 0. The van der Waals surface area contributed by atoms with Gasteiger partial charge in [-0.05, 0) is 127 Å². The van der Waals surface area contributed by atoms with Gasteiger partial charge in [0, 0.05) is 73.6 Å². The van der Waals surface area contributed by atoms with Crippen molar-refractivity contribution >= 4 is 130 Å². The number of aryl methyl sites for hydroxylation is 13. The molecule has 0 atom stereocenters. The number of fused-ring (bicyclic) bond motifs is 6. The van der Waals surface area contributed by atoms with Crippen molar-refractivity contribution < 1.29 is 26.5 Å². The van der Waals surface area contributed by atoms with Gasteiger partial charge >= 0.3 is 0 Å². The first-order valence-electron chi connectivity index (χ1n) is 29.9. The fourth-order valence-corrected chi connectivity index (χ4v) is 13.9. The monoisotopic (exact) mass is 1230 g/mol. The molecule has 12 aromatic rings. The molecule has 0 spiro atoms. The van der Waals surface area contributed by atoms with E-state index in [4.69, 9.17) is 26.5 Å². The van der Waals surface area contributed by atoms with Gasteiger partial charge in [0.1, 0.15) is 68.1 Å². The van der Waals surface area contributed by atoms with E-state index in [2.05, 4.69) is 144 Å². The smallest absolute Gasteiger partial charge is 0.148 e. The van der Waals surface area contributed by atoms with E-state index in [1.165, 1.54) is 77.6 Å². The largest absolute Gasteiger partial charge is 0.460 e. The molecule has 0 fully saturated rings. The lowest BCUT2D eigenvalue weighted by molar-refractivity contribution is 0.426. The second-order valence-electron chi connectivity index (χ2n) is 19.2. The van der Waals surface area contributed by atoms with E-state index >= 15 is 0 Å². The molecule has 0 amide bonds. The maximum absolute atomic E-state index is 5.81. The molecule has 0 aliphatic heterocycles. The molecule has 0 aromatic carbocycles. The fraction of sp³-hybridized carbons (Fsp3) is 0.486. The zero-order valence-electron chi connectivity index (χ0n) is 56.1. The maximum Gasteiger partial charge on any atom is 0.148 e. The minimum absolute atomic E-state index is 0.114. The molecule has 0 unspecified atom stereocenters. The molecule has 0 bridgehead atoms. The summed E-state index contributed by atoms with van der Waals surface area (Å²) in [6.07, 6.45) is 1.99. The van der Waals surface area contributed by atoms with Gasteiger partial charge in [-0.25, -0.2) is 0 Å². The van der Waals surface area contributed by atoms with Crippen LogP contribution >= 0.6 is 68.0 Å². The first kappa shape index (κ1) is 75.5. The minimum atomic E-state index is 0.114. The summed E-state index contributed by atoms with van der Waals surface area (Å²) in [6, 6.07) is 8.22. The van der Waals surface area contributed by atoms with Crippen molar-refractivity contribution in [2.45, 2.75) is 232 Å². The molecule has 0 aliphatic carbocycles. The Bertz CT molecular complexity index is 3620. The van der Waals surface area contributed by atoms with Crippen LogP contribution in [0, 0.1) is 76.2 Å². The Labute approximate surface area is 519 Å². The van der Waals surface area contributed by atoms with Crippen LogP contribution < -0.4 is 0 Å². The maximum atomic E-state index is 5.81. The van der Waals surface area contributed by atoms with Crippen LogP contribution in [0.1, 0.15) is 221 Å². The average Bonchev–Trinajstić information content (AvgIpc) is 4.50. The number of thiophene rings is 6. The van der Waals surface area contributed by atoms with E-state index in [1.807, 2.05) is 115 Å². The summed E-state index contributed by atoms with van der Waals surface area (Å²) >= 11 is 10.6. The number of hydrogen-bond acceptors (Lipinski definition) is 12. The fourth-order valence-electron chi connectivity index (χ4n) is 8.41. The Kier molecular flexibility index (Phi) is 34.0. The van der Waals surface area contributed by atoms with Crippen LogP contribution in [0.4, 0.5) is 0 Å². The Morgan fingerprint density at radius 2 is 0.793 bits per heavy atom. The molecule has 12 heteroatoms. The zero-order chi connectivity index (χ0) is 62.9. The lowest BCUT2D eigenvalue weighted by Gasteiger charge is -2.15. The van der Waals surface area contributed by atoms with E-state index in [0.717, 1.165) is 80.9 Å². The predicted octanol–water partition coefficient (Wildman–Crippen LogP) is 28.1. The molecule has 12 heterocycles. The SMILES string of the molecule is CC.CC.CC.CC.CC.CC.CCc1oc2c(C)csc2c1C.CCc1oc2ccsc2c1C.Cc1c(C(C)(C)C)oc2ccsc12.Cc1c(C(C)C)oc2ccsc12.Cc1cc2oc(C)c(C)c2s1.Cc1oc2c(C)csc2c1C. The second-order valence-corrected chi connectivity index (χ2v) is 24.9. The molecule has 6 nitrogen and oxygen atoms in total. The molecule has 82 heavy (non-hydrogen) atoms. The molecule has 0 radical (unpaired) electrons. The molecule has 12 rings (SSSR count). The zero-order valence-corrected chi connectivity index (χ0v) is 61.0. The van der Waals surface area contributed by atoms with Gasteiger partial charge in [0.2, 0.25) is 0 Å². The number of hydrogen-bond donors (Lipinski definition) is 0. The van der Waals surface area contributed by atoms with E-state index < -0.39 is 0 Å². The summed E-state index contributed by atoms with van der Waals surface area (Å²) in [4.78, 5) is 1.32. The molecule has 456 valence electrons. The Morgan fingerprint density at radius 1 is 0.402 bits per heavy atom. The predicted molar refractivity (Wildman–Crippen MR) is 376 cm³/mol. The van der Waals surface area contributed by atoms with Crippen molar-refractivity contribution in [1.82, 2.24) is 0 Å². The normalized spacial score (nSPS) is 10.3. The summed E-state index contributed by atoms with van der Waals surface area (Å²) in [5, 5.41) is 10.5. The number of rotatable bonds is 3. The lowest BCUT2D eigenvalue weighted by atomic mass is 9.91. The highest BCUT2D eigenvalue weighted by Crippen LogP contribution is 2.38. The summed E-state index contributed by atoms with van der Waals surface area (Å²) in [6.45, 7) is 62.2. The van der Waals surface area contributed by atoms with E-state index in [9.17, 15) is 0 Å². The van der Waals surface area contributed by atoms with Crippen molar-refractivity contribution in [1.29, 1.82) is 0 Å². The summed E-state index contributed by atoms with van der Waals surface area (Å²) < 4.78 is 41.8. The van der Waals surface area contributed by atoms with Crippen LogP contribution in [0.2, 0.25) is 0 Å². The second kappa shape index (κ2) is 37.0. The summed E-state index contributed by atoms with van der Waals surface area (Å²) in [5.74, 6) is 7.11. The Morgan fingerprint density at radius 3 is 1.20 bits per heavy atom. The molecule has 0 aliphatic rings. The van der Waals surface area contributed by atoms with Crippen molar-refractivity contribution in [3.63, 3.8) is 0 Å². The quantitative estimate of drug-likeness (QED) is 0.175. The Balaban J connectivity index is 0.000000474. The number of furan rings is 6. The lowest BCUT2D eigenvalue weighted by Crippen LogP contribution is -2.10. The van der Waals surface area contributed by atoms with E-state index in [0.29, 0.717) is 5.92 Å². The minimum Gasteiger partial charge on any atom is -0.460 e. The molecule has 0 saturated carbocycles. The van der Waals surface area contributed by atoms with Gasteiger partial charge in [0.25, 0.3) is 0 Å². The first-order valence-corrected chi connectivity index (χ1v) is 35.1. The average molecular weight is 1230 g/mol. The third kappa shape index (κ3) is 18.7. The van der Waals surface area contributed by atoms with Crippen molar-refractivity contribution in [3.8, 4) is 0 Å². The van der Waals surface area contributed by atoms with Gasteiger partial charge < -0.3 is 26.5 Å². The highest BCUT2D eigenvalue weighted by Gasteiger charge is 2.23. The molecule has 0 N–H and O–H groups in total. The van der Waals surface area contributed by atoms with E-state index in [-0.39, 0.29) is 5.41 Å². The van der Waals surface area contributed by atoms with Crippen LogP contribution in [0.25, 0.3) is 61.7 Å². The van der Waals surface area contributed by atoms with Crippen LogP contribution in [0.5, 0.6) is 0 Å². The highest BCUT2D eigenvalue weighted by atomic mass is 32.1. The molecular weight excluding hydrogens is 1130 g/mol. The molecule has 0 saturated heterocycles. The van der Waals surface area contributed by atoms with Crippen LogP contribution in [-0.2, 0) is 18.3 Å². The van der Waals surface area contributed by atoms with Gasteiger partial charge in [-0.3, -0.25) is 0 Å². The van der Waals surface area contributed by atoms with Gasteiger partial charge in [-0.2, -0.15) is 0 Å². The Hall–Kier alpha value is -4.56. The van der Waals surface area contributed by atoms with E-state index in [1.54, 1.807) is 68.0 Å². The van der Waals surface area contributed by atoms with Crippen LogP contribution in [0.3, 0.4) is 0 Å². The standard InChI is InChI=1S/C11H14OS.2C10H12OS.3C9H10OS.6C2H6/c1-7-9-8(5-6-13-9)12-10(7)11(2,3)4;1-6(2)9-7(3)10-8(11-9)4-5-12-10;1-4-8-7(3)10-9(11-8)6(2)5-12-10;1-5-4-11-9-6(2)7(3)10-8(5)9;1-5-4-8-9(11-5)6(2)7(3)10-8;1-3-7-6(2)9-8(10-7)4-5-11-9;6*1-2/h5-6H,1-4H3;4-6H,1-3H3;5H,4H2,1-3H3;2*4H,1-3H3;4-5H,3H2,1-2H3;6*1-2H3. The highest BCUT2D eigenvalue weighted by molar-refractivity contribution is 7.19. The summed E-state index contributed by atoms with van der Waals surface area (Å²) in [5.41, 5.74) is 16.8. The van der Waals surface area contributed by atoms with Crippen molar-refractivity contribution in [2.24, 2.45) is 0 Å². The van der Waals surface area contributed by atoms with Gasteiger partial charge in [0.15, 0.2) is 0 Å². The van der Waals surface area contributed by atoms with Gasteiger partial charge in [0.05, 0.1) is 28.2 Å². The third-order valence-electron chi connectivity index (χ3n) is 12.4. The third-order valence-corrected chi connectivity index (χ3v) is 19.0. The molecular formula is C70H104O6S6. The van der Waals surface area contributed by atoms with Crippen molar-refractivity contribution in [3.05, 3.63) is 135 Å². The topological polar surface area (TPSA) is 78.8 Å². The first-order chi connectivity index (χ1) is 39.1. The van der Waals surface area contributed by atoms with Crippen LogP contribution in [-0.4, -0.2) is 0 Å². The van der Waals surface area contributed by atoms with Crippen LogP contribution in [0.15, 0.2) is 77.7 Å². The van der Waals surface area contributed by atoms with Gasteiger partial charge in [-0.1, -0.05) is 132 Å².